The zero-order valence-corrected chi connectivity index (χ0v) is 14.0. The Labute approximate surface area is 134 Å². The molecule has 0 spiro atoms. The van der Waals surface area contributed by atoms with Crippen LogP contribution in [0.2, 0.25) is 6.32 Å². The minimum absolute atomic E-state index is 0.00137. The van der Waals surface area contributed by atoms with Gasteiger partial charge in [-0.3, -0.25) is 4.79 Å². The van der Waals surface area contributed by atoms with Gasteiger partial charge in [-0.25, -0.2) is 0 Å². The lowest BCUT2D eigenvalue weighted by molar-refractivity contribution is -0.154. The van der Waals surface area contributed by atoms with Crippen LogP contribution >= 0.6 is 0 Å². The number of rotatable bonds is 3. The van der Waals surface area contributed by atoms with Crippen molar-refractivity contribution in [2.24, 2.45) is 5.92 Å². The number of fused-ring (bicyclic) bond motifs is 1. The smallest absolute Gasteiger partial charge is 0.309 e. The lowest BCUT2D eigenvalue weighted by atomic mass is 9.69. The summed E-state index contributed by atoms with van der Waals surface area (Å²) >= 11 is 0. The third kappa shape index (κ3) is 3.09. The van der Waals surface area contributed by atoms with Crippen LogP contribution < -0.4 is 5.46 Å². The van der Waals surface area contributed by atoms with Gasteiger partial charge in [0.2, 0.25) is 0 Å². The molecule has 2 aliphatic rings. The van der Waals surface area contributed by atoms with Crippen LogP contribution in [0.15, 0.2) is 18.2 Å². The average Bonchev–Trinajstić information content (AvgIpc) is 2.83. The van der Waals surface area contributed by atoms with Crippen molar-refractivity contribution in [3.63, 3.8) is 0 Å². The molecule has 1 fully saturated rings. The highest BCUT2D eigenvalue weighted by Crippen LogP contribution is 2.33. The minimum atomic E-state index is -0.156. The number of carbonyl (C=O) groups excluding carboxylic acids is 1. The summed E-state index contributed by atoms with van der Waals surface area (Å²) in [6.07, 6.45) is 6.51. The lowest BCUT2D eigenvalue weighted by Gasteiger charge is -2.24. The van der Waals surface area contributed by atoms with E-state index in [0.717, 1.165) is 37.6 Å². The van der Waals surface area contributed by atoms with Crippen LogP contribution in [0.4, 0.5) is 0 Å². The van der Waals surface area contributed by atoms with Gasteiger partial charge in [0.05, 0.1) is 5.92 Å². The molecule has 1 aromatic carbocycles. The Morgan fingerprint density at radius 2 is 2.00 bits per heavy atom. The van der Waals surface area contributed by atoms with Gasteiger partial charge in [0.25, 0.3) is 0 Å². The Hall–Kier alpha value is -1.25. The van der Waals surface area contributed by atoms with Crippen molar-refractivity contribution < 1.29 is 9.53 Å². The Kier molecular flexibility index (Phi) is 4.34. The summed E-state index contributed by atoms with van der Waals surface area (Å²) < 4.78 is 5.75. The molecule has 1 aromatic rings. The molecular weight excluding hydrogens is 271 g/mol. The zero-order chi connectivity index (χ0) is 15.7. The molecule has 0 saturated heterocycles. The van der Waals surface area contributed by atoms with Gasteiger partial charge in [-0.1, -0.05) is 63.1 Å². The van der Waals surface area contributed by atoms with Crippen LogP contribution in [0.1, 0.15) is 70.1 Å². The van der Waals surface area contributed by atoms with Gasteiger partial charge in [-0.05, 0) is 36.3 Å². The van der Waals surface area contributed by atoms with Crippen LogP contribution in [0.25, 0.3) is 0 Å². The predicted octanol–water partition coefficient (Wildman–Crippen LogP) is 3.91. The SMILES string of the molecule is CC(OC(=O)C1CCCCC1)c1ccc2c(c1)C(C)(C)C[B]2. The first-order valence-corrected chi connectivity index (χ1v) is 8.65. The van der Waals surface area contributed by atoms with E-state index in [1.807, 2.05) is 6.92 Å². The average molecular weight is 297 g/mol. The fraction of sp³-hybridized carbons (Fsp3) is 0.632. The Bertz CT molecular complexity index is 559. The van der Waals surface area contributed by atoms with E-state index in [0.29, 0.717) is 0 Å². The van der Waals surface area contributed by atoms with Gasteiger partial charge in [0.15, 0.2) is 7.28 Å². The number of carbonyl (C=O) groups is 1. The summed E-state index contributed by atoms with van der Waals surface area (Å²) in [4.78, 5) is 12.3. The summed E-state index contributed by atoms with van der Waals surface area (Å²) in [5, 5.41) is 0. The lowest BCUT2D eigenvalue weighted by Crippen LogP contribution is -2.22. The van der Waals surface area contributed by atoms with E-state index in [1.54, 1.807) is 0 Å². The maximum atomic E-state index is 12.3. The number of ether oxygens (including phenoxy) is 1. The number of esters is 1. The van der Waals surface area contributed by atoms with Crippen molar-refractivity contribution in [3.8, 4) is 0 Å². The van der Waals surface area contributed by atoms with E-state index in [1.165, 1.54) is 17.4 Å². The number of benzene rings is 1. The molecule has 0 aromatic heterocycles. The quantitative estimate of drug-likeness (QED) is 0.624. The van der Waals surface area contributed by atoms with E-state index < -0.39 is 0 Å². The van der Waals surface area contributed by atoms with Crippen molar-refractivity contribution in [3.05, 3.63) is 29.3 Å². The largest absolute Gasteiger partial charge is 0.458 e. The summed E-state index contributed by atoms with van der Waals surface area (Å²) in [6.45, 7) is 6.55. The van der Waals surface area contributed by atoms with E-state index in [9.17, 15) is 4.79 Å². The van der Waals surface area contributed by atoms with Gasteiger partial charge < -0.3 is 4.74 Å². The van der Waals surface area contributed by atoms with Gasteiger partial charge in [0.1, 0.15) is 6.10 Å². The molecule has 22 heavy (non-hydrogen) atoms. The van der Waals surface area contributed by atoms with E-state index in [2.05, 4.69) is 39.3 Å². The minimum Gasteiger partial charge on any atom is -0.458 e. The number of hydrogen-bond donors (Lipinski definition) is 0. The highest BCUT2D eigenvalue weighted by molar-refractivity contribution is 6.56. The molecule has 2 nitrogen and oxygen atoms in total. The molecule has 1 heterocycles. The molecule has 3 heteroatoms. The number of hydrogen-bond acceptors (Lipinski definition) is 2. The van der Waals surface area contributed by atoms with Crippen molar-refractivity contribution in [1.29, 1.82) is 0 Å². The zero-order valence-electron chi connectivity index (χ0n) is 14.0. The van der Waals surface area contributed by atoms with E-state index in [-0.39, 0.29) is 23.4 Å². The Morgan fingerprint density at radius 1 is 1.27 bits per heavy atom. The second kappa shape index (κ2) is 6.10. The first kappa shape index (κ1) is 15.6. The molecule has 1 aliphatic carbocycles. The third-order valence-corrected chi connectivity index (χ3v) is 5.34. The molecule has 1 radical (unpaired) electrons. The van der Waals surface area contributed by atoms with Crippen LogP contribution in [0, 0.1) is 5.92 Å². The van der Waals surface area contributed by atoms with Crippen LogP contribution in [-0.2, 0) is 14.9 Å². The summed E-state index contributed by atoms with van der Waals surface area (Å²) in [7, 11) is 2.30. The van der Waals surface area contributed by atoms with Crippen molar-refractivity contribution in [1.82, 2.24) is 0 Å². The summed E-state index contributed by atoms with van der Waals surface area (Å²) in [5.41, 5.74) is 4.02. The fourth-order valence-electron chi connectivity index (χ4n) is 3.74. The third-order valence-electron chi connectivity index (χ3n) is 5.34. The molecule has 1 aliphatic heterocycles. The van der Waals surface area contributed by atoms with Crippen LogP contribution in [0.3, 0.4) is 0 Å². The summed E-state index contributed by atoms with van der Waals surface area (Å²) in [6, 6.07) is 6.51. The molecule has 0 amide bonds. The maximum Gasteiger partial charge on any atom is 0.309 e. The molecule has 1 unspecified atom stereocenters. The molecule has 1 saturated carbocycles. The standard InChI is InChI=1S/C19H26BO2/c1-13(22-18(21)14-7-5-4-6-8-14)15-9-10-17-16(11-15)19(2,3)12-20-17/h9-11,13-14H,4-8,12H2,1-3H3. The van der Waals surface area contributed by atoms with Gasteiger partial charge >= 0.3 is 5.97 Å². The van der Waals surface area contributed by atoms with Crippen LogP contribution in [-0.4, -0.2) is 13.2 Å². The predicted molar refractivity (Wildman–Crippen MR) is 90.7 cm³/mol. The van der Waals surface area contributed by atoms with Crippen LogP contribution in [0.5, 0.6) is 0 Å². The molecule has 117 valence electrons. The second-order valence-electron chi connectivity index (χ2n) is 7.55. The second-order valence-corrected chi connectivity index (χ2v) is 7.55. The van der Waals surface area contributed by atoms with Gasteiger partial charge in [-0.2, -0.15) is 0 Å². The monoisotopic (exact) mass is 297 g/mol. The molecule has 0 bridgehead atoms. The Balaban J connectivity index is 1.70. The molecular formula is C19H26BO2. The summed E-state index contributed by atoms with van der Waals surface area (Å²) in [5.74, 6) is 0.119. The van der Waals surface area contributed by atoms with Gasteiger partial charge in [0, 0.05) is 0 Å². The van der Waals surface area contributed by atoms with E-state index >= 15 is 0 Å². The van der Waals surface area contributed by atoms with Crippen molar-refractivity contribution >= 4 is 18.7 Å². The highest BCUT2D eigenvalue weighted by atomic mass is 16.5. The van der Waals surface area contributed by atoms with Gasteiger partial charge in [-0.15, -0.1) is 0 Å². The first-order chi connectivity index (χ1) is 10.5. The van der Waals surface area contributed by atoms with E-state index in [4.69, 9.17) is 4.74 Å². The molecule has 3 rings (SSSR count). The van der Waals surface area contributed by atoms with Crippen molar-refractivity contribution in [2.75, 3.05) is 0 Å². The molecule has 0 N–H and O–H groups in total. The highest BCUT2D eigenvalue weighted by Gasteiger charge is 2.31. The normalized spacial score (nSPS) is 21.8. The Morgan fingerprint density at radius 3 is 2.73 bits per heavy atom. The topological polar surface area (TPSA) is 26.3 Å². The first-order valence-electron chi connectivity index (χ1n) is 8.65. The molecule has 1 atom stereocenters. The van der Waals surface area contributed by atoms with Crippen molar-refractivity contribution in [2.45, 2.75) is 70.7 Å². The fourth-order valence-corrected chi connectivity index (χ4v) is 3.74. The maximum absolute atomic E-state index is 12.3.